The molecule has 4 heteroatoms. The zero-order valence-corrected chi connectivity index (χ0v) is 4.66. The van der Waals surface area contributed by atoms with Crippen molar-refractivity contribution in [3.63, 3.8) is 0 Å². The number of carboxylic acid groups (broad SMARTS) is 1. The van der Waals surface area contributed by atoms with E-state index >= 15 is 0 Å². The lowest BCUT2D eigenvalue weighted by Gasteiger charge is -2.01. The maximum Gasteiger partial charge on any atom is 0.354 e. The Morgan fingerprint density at radius 3 is 3.00 bits per heavy atom. The Bertz CT molecular complexity index is 183. The highest BCUT2D eigenvalue weighted by atomic mass is 16.4. The molecule has 0 bridgehead atoms. The van der Waals surface area contributed by atoms with Crippen molar-refractivity contribution in [2.75, 3.05) is 6.67 Å². The van der Waals surface area contributed by atoms with Crippen LogP contribution in [0.1, 0.15) is 0 Å². The molecule has 1 aliphatic heterocycles. The van der Waals surface area contributed by atoms with Gasteiger partial charge < -0.3 is 10.4 Å². The zero-order chi connectivity index (χ0) is 6.69. The van der Waals surface area contributed by atoms with Crippen LogP contribution in [0.2, 0.25) is 0 Å². The Morgan fingerprint density at radius 1 is 1.89 bits per heavy atom. The summed E-state index contributed by atoms with van der Waals surface area (Å²) in [5, 5.41) is 11.1. The summed E-state index contributed by atoms with van der Waals surface area (Å²) in [6.07, 6.45) is 2.99. The average Bonchev–Trinajstić information content (AvgIpc) is 1.90. The molecule has 0 saturated carbocycles. The highest BCUT2D eigenvalue weighted by Crippen LogP contribution is 1.86. The first-order valence-electron chi connectivity index (χ1n) is 2.48. The lowest BCUT2D eigenvalue weighted by molar-refractivity contribution is -0.129. The van der Waals surface area contributed by atoms with Crippen LogP contribution in [0.15, 0.2) is 17.3 Å². The Hall–Kier alpha value is -1.32. The molecule has 0 saturated heterocycles. The number of carboxylic acids is 1. The minimum Gasteiger partial charge on any atom is -0.477 e. The van der Waals surface area contributed by atoms with Gasteiger partial charge in [0.05, 0.1) is 0 Å². The summed E-state index contributed by atoms with van der Waals surface area (Å²) < 4.78 is 0. The molecule has 0 unspecified atom stereocenters. The minimum absolute atomic E-state index is 0.105. The fourth-order valence-electron chi connectivity index (χ4n) is 0.513. The maximum absolute atomic E-state index is 10.1. The third-order valence-electron chi connectivity index (χ3n) is 0.919. The molecule has 9 heavy (non-hydrogen) atoms. The zero-order valence-electron chi connectivity index (χ0n) is 4.66. The van der Waals surface area contributed by atoms with Gasteiger partial charge in [0.2, 0.25) is 0 Å². The van der Waals surface area contributed by atoms with Gasteiger partial charge in [-0.1, -0.05) is 0 Å². The number of rotatable bonds is 1. The lowest BCUT2D eigenvalue weighted by Crippen LogP contribution is -2.19. The molecule has 1 aliphatic rings. The normalized spacial score (nSPS) is 16.2. The molecule has 0 spiro atoms. The topological polar surface area (TPSA) is 61.7 Å². The van der Waals surface area contributed by atoms with E-state index in [9.17, 15) is 4.79 Å². The quantitative estimate of drug-likeness (QED) is 0.502. The van der Waals surface area contributed by atoms with Crippen LogP contribution >= 0.6 is 0 Å². The van der Waals surface area contributed by atoms with Crippen molar-refractivity contribution < 1.29 is 9.90 Å². The predicted octanol–water partition coefficient (Wildman–Crippen LogP) is -0.414. The van der Waals surface area contributed by atoms with Crippen molar-refractivity contribution in [2.45, 2.75) is 0 Å². The molecule has 1 heterocycles. The first-order chi connectivity index (χ1) is 4.30. The van der Waals surface area contributed by atoms with Gasteiger partial charge in [-0.3, -0.25) is 4.99 Å². The van der Waals surface area contributed by atoms with E-state index in [-0.39, 0.29) is 5.71 Å². The fourth-order valence-corrected chi connectivity index (χ4v) is 0.513. The monoisotopic (exact) mass is 126 g/mol. The molecular weight excluding hydrogens is 120 g/mol. The molecular formula is C5H6N2O2. The van der Waals surface area contributed by atoms with Crippen LogP contribution in [0.5, 0.6) is 0 Å². The second-order valence-electron chi connectivity index (χ2n) is 1.54. The number of aliphatic carboxylic acids is 1. The van der Waals surface area contributed by atoms with Gasteiger partial charge >= 0.3 is 5.97 Å². The molecule has 0 fully saturated rings. The summed E-state index contributed by atoms with van der Waals surface area (Å²) in [5.74, 6) is -0.979. The van der Waals surface area contributed by atoms with Crippen molar-refractivity contribution in [1.29, 1.82) is 0 Å². The van der Waals surface area contributed by atoms with E-state index in [0.29, 0.717) is 6.67 Å². The van der Waals surface area contributed by atoms with Gasteiger partial charge in [0.25, 0.3) is 0 Å². The number of carbonyl (C=O) groups is 1. The summed E-state index contributed by atoms with van der Waals surface area (Å²) in [6.45, 7) is 0.359. The number of aliphatic imine (C=N–C) groups is 1. The van der Waals surface area contributed by atoms with E-state index in [4.69, 9.17) is 5.11 Å². The van der Waals surface area contributed by atoms with Crippen molar-refractivity contribution in [2.24, 2.45) is 4.99 Å². The average molecular weight is 126 g/mol. The van der Waals surface area contributed by atoms with Gasteiger partial charge in [0, 0.05) is 6.20 Å². The Labute approximate surface area is 51.9 Å². The Kier molecular flexibility index (Phi) is 1.48. The first kappa shape index (κ1) is 5.81. The van der Waals surface area contributed by atoms with Crippen molar-refractivity contribution in [1.82, 2.24) is 5.32 Å². The Balaban J connectivity index is 2.69. The summed E-state index contributed by atoms with van der Waals surface area (Å²) in [5.41, 5.74) is 0.105. The van der Waals surface area contributed by atoms with Crippen LogP contribution in [-0.4, -0.2) is 23.5 Å². The highest BCUT2D eigenvalue weighted by Gasteiger charge is 2.05. The molecule has 4 nitrogen and oxygen atoms in total. The molecule has 2 N–H and O–H groups in total. The maximum atomic E-state index is 10.1. The number of hydrogen-bond acceptors (Lipinski definition) is 3. The largest absolute Gasteiger partial charge is 0.477 e. The molecule has 48 valence electrons. The number of nitrogens with zero attached hydrogens (tertiary/aromatic N) is 1. The smallest absolute Gasteiger partial charge is 0.354 e. The number of nitrogens with one attached hydrogen (secondary N) is 1. The van der Waals surface area contributed by atoms with Gasteiger partial charge in [-0.2, -0.15) is 0 Å². The Morgan fingerprint density at radius 2 is 2.67 bits per heavy atom. The molecule has 0 amide bonds. The van der Waals surface area contributed by atoms with Crippen LogP contribution in [-0.2, 0) is 4.79 Å². The lowest BCUT2D eigenvalue weighted by atomic mass is 10.3. The number of hydrogen-bond donors (Lipinski definition) is 2. The van der Waals surface area contributed by atoms with Gasteiger partial charge in [0.15, 0.2) is 0 Å². The van der Waals surface area contributed by atoms with Crippen LogP contribution in [0.4, 0.5) is 0 Å². The van der Waals surface area contributed by atoms with E-state index in [0.717, 1.165) is 0 Å². The SMILES string of the molecule is O=C(O)C1=NCNC=C1. The third-order valence-corrected chi connectivity index (χ3v) is 0.919. The predicted molar refractivity (Wildman–Crippen MR) is 32.2 cm³/mol. The van der Waals surface area contributed by atoms with Crippen LogP contribution < -0.4 is 5.32 Å². The van der Waals surface area contributed by atoms with Crippen molar-refractivity contribution >= 4 is 11.7 Å². The van der Waals surface area contributed by atoms with E-state index < -0.39 is 5.97 Å². The third kappa shape index (κ3) is 1.28. The molecule has 0 aromatic heterocycles. The second-order valence-corrected chi connectivity index (χ2v) is 1.54. The molecule has 0 radical (unpaired) electrons. The highest BCUT2D eigenvalue weighted by molar-refractivity contribution is 6.40. The van der Waals surface area contributed by atoms with Crippen LogP contribution in [0, 0.1) is 0 Å². The van der Waals surface area contributed by atoms with E-state index in [1.165, 1.54) is 6.08 Å². The molecule has 1 rings (SSSR count). The molecule has 0 aliphatic carbocycles. The van der Waals surface area contributed by atoms with Gasteiger partial charge in [0.1, 0.15) is 12.4 Å². The summed E-state index contributed by atoms with van der Waals surface area (Å²) >= 11 is 0. The van der Waals surface area contributed by atoms with Crippen molar-refractivity contribution in [3.05, 3.63) is 12.3 Å². The van der Waals surface area contributed by atoms with Crippen molar-refractivity contribution in [3.8, 4) is 0 Å². The molecule has 0 aromatic carbocycles. The van der Waals surface area contributed by atoms with E-state index in [1.54, 1.807) is 6.20 Å². The van der Waals surface area contributed by atoms with Crippen LogP contribution in [0.3, 0.4) is 0 Å². The molecule has 0 aromatic rings. The minimum atomic E-state index is -0.979. The van der Waals surface area contributed by atoms with E-state index in [1.807, 2.05) is 0 Å². The summed E-state index contributed by atoms with van der Waals surface area (Å²) in [7, 11) is 0. The second kappa shape index (κ2) is 2.30. The molecule has 0 atom stereocenters. The standard InChI is InChI=1S/C5H6N2O2/c8-5(9)4-1-2-6-3-7-4/h1-2,6H,3H2,(H,8,9). The summed E-state index contributed by atoms with van der Waals surface area (Å²) in [4.78, 5) is 13.8. The van der Waals surface area contributed by atoms with Gasteiger partial charge in [-0.15, -0.1) is 0 Å². The van der Waals surface area contributed by atoms with Gasteiger partial charge in [-0.05, 0) is 6.08 Å². The van der Waals surface area contributed by atoms with E-state index in [2.05, 4.69) is 10.3 Å². The van der Waals surface area contributed by atoms with Gasteiger partial charge in [-0.25, -0.2) is 4.79 Å². The fraction of sp³-hybridized carbons (Fsp3) is 0.200. The van der Waals surface area contributed by atoms with Crippen LogP contribution in [0.25, 0.3) is 0 Å². The first-order valence-corrected chi connectivity index (χ1v) is 2.48. The summed E-state index contributed by atoms with van der Waals surface area (Å²) in [6, 6.07) is 0.